The third-order valence-corrected chi connectivity index (χ3v) is 4.97. The van der Waals surface area contributed by atoms with E-state index in [1.165, 1.54) is 4.31 Å². The van der Waals surface area contributed by atoms with Crippen LogP contribution in [0.5, 0.6) is 0 Å². The second-order valence-electron chi connectivity index (χ2n) is 6.38. The van der Waals surface area contributed by atoms with Gasteiger partial charge >= 0.3 is 12.1 Å². The lowest BCUT2D eigenvalue weighted by molar-refractivity contribution is -0.134. The number of amides is 1. The molecule has 22 heavy (non-hydrogen) atoms. The molecule has 0 spiro atoms. The van der Waals surface area contributed by atoms with Gasteiger partial charge in [-0.25, -0.2) is 17.5 Å². The lowest BCUT2D eigenvalue weighted by Gasteiger charge is -2.31. The Morgan fingerprint density at radius 1 is 1.27 bits per heavy atom. The molecule has 0 saturated carbocycles. The summed E-state index contributed by atoms with van der Waals surface area (Å²) in [6.07, 6.45) is 0.664. The number of nitrogens with zero attached hydrogens (tertiary/aromatic N) is 1. The number of nitrogens with one attached hydrogen (secondary N) is 1. The van der Waals surface area contributed by atoms with E-state index in [4.69, 9.17) is 9.84 Å². The van der Waals surface area contributed by atoms with Gasteiger partial charge in [0.15, 0.2) is 5.75 Å². The average Bonchev–Trinajstić information content (AvgIpc) is 2.33. The van der Waals surface area contributed by atoms with Crippen molar-refractivity contribution < 1.29 is 27.9 Å². The number of piperidine rings is 1. The van der Waals surface area contributed by atoms with E-state index in [0.29, 0.717) is 19.4 Å². The molecule has 0 bridgehead atoms. The molecule has 1 saturated heterocycles. The highest BCUT2D eigenvalue weighted by atomic mass is 32.2. The van der Waals surface area contributed by atoms with Gasteiger partial charge in [0.2, 0.25) is 10.0 Å². The monoisotopic (exact) mass is 336 g/mol. The topological polar surface area (TPSA) is 113 Å². The second kappa shape index (κ2) is 7.28. The predicted octanol–water partition coefficient (Wildman–Crippen LogP) is 0.638. The number of carbonyl (C=O) groups is 2. The normalized spacial score (nSPS) is 18.0. The molecule has 1 aliphatic rings. The van der Waals surface area contributed by atoms with Crippen LogP contribution in [0.1, 0.15) is 33.6 Å². The molecule has 1 fully saturated rings. The minimum Gasteiger partial charge on any atom is -0.480 e. The van der Waals surface area contributed by atoms with E-state index in [2.05, 4.69) is 5.32 Å². The average molecular weight is 336 g/mol. The number of carbonyl (C=O) groups excluding carboxylic acids is 1. The number of rotatable bonds is 5. The number of hydrogen-bond acceptors (Lipinski definition) is 5. The maximum absolute atomic E-state index is 11.8. The van der Waals surface area contributed by atoms with Gasteiger partial charge in [-0.2, -0.15) is 0 Å². The summed E-state index contributed by atoms with van der Waals surface area (Å²) in [6.45, 7) is 6.30. The van der Waals surface area contributed by atoms with Crippen molar-refractivity contribution in [2.75, 3.05) is 25.4 Å². The van der Waals surface area contributed by atoms with E-state index in [-0.39, 0.29) is 19.0 Å². The third-order valence-electron chi connectivity index (χ3n) is 3.21. The zero-order chi connectivity index (χ0) is 17.0. The van der Waals surface area contributed by atoms with Crippen LogP contribution in [0.3, 0.4) is 0 Å². The maximum Gasteiger partial charge on any atom is 0.407 e. The van der Waals surface area contributed by atoms with Crippen LogP contribution in [-0.4, -0.2) is 60.9 Å². The zero-order valence-corrected chi connectivity index (χ0v) is 14.0. The summed E-state index contributed by atoms with van der Waals surface area (Å²) < 4.78 is 29.9. The van der Waals surface area contributed by atoms with Gasteiger partial charge in [0.25, 0.3) is 0 Å². The molecule has 1 aliphatic heterocycles. The van der Waals surface area contributed by atoms with Crippen molar-refractivity contribution in [3.05, 3.63) is 0 Å². The number of alkyl carbamates (subject to hydrolysis) is 1. The van der Waals surface area contributed by atoms with E-state index in [9.17, 15) is 18.0 Å². The van der Waals surface area contributed by atoms with Crippen molar-refractivity contribution in [3.63, 3.8) is 0 Å². The Morgan fingerprint density at radius 2 is 1.82 bits per heavy atom. The van der Waals surface area contributed by atoms with E-state index < -0.39 is 33.4 Å². The van der Waals surface area contributed by atoms with E-state index in [0.717, 1.165) is 0 Å². The van der Waals surface area contributed by atoms with Crippen LogP contribution in [0.25, 0.3) is 0 Å². The molecular weight excluding hydrogens is 312 g/mol. The van der Waals surface area contributed by atoms with Gasteiger partial charge in [-0.15, -0.1) is 0 Å². The Hall–Kier alpha value is -1.35. The van der Waals surface area contributed by atoms with Gasteiger partial charge in [0.1, 0.15) is 5.60 Å². The van der Waals surface area contributed by atoms with Gasteiger partial charge in [-0.3, -0.25) is 4.79 Å². The Labute approximate surface area is 130 Å². The molecule has 0 unspecified atom stereocenters. The fourth-order valence-electron chi connectivity index (χ4n) is 2.18. The summed E-state index contributed by atoms with van der Waals surface area (Å²) in [5, 5.41) is 11.3. The SMILES string of the molecule is CC(C)(C)OC(=O)NCC1CCN(S(=O)(=O)CC(=O)O)CC1. The lowest BCUT2D eigenvalue weighted by Crippen LogP contribution is -2.43. The van der Waals surface area contributed by atoms with Crippen LogP contribution in [0.4, 0.5) is 4.79 Å². The van der Waals surface area contributed by atoms with Crippen LogP contribution >= 0.6 is 0 Å². The van der Waals surface area contributed by atoms with Crippen LogP contribution in [0.2, 0.25) is 0 Å². The van der Waals surface area contributed by atoms with E-state index in [1.54, 1.807) is 20.8 Å². The zero-order valence-electron chi connectivity index (χ0n) is 13.2. The summed E-state index contributed by atoms with van der Waals surface area (Å²) in [7, 11) is -3.74. The highest BCUT2D eigenvalue weighted by Crippen LogP contribution is 2.19. The number of hydrogen-bond donors (Lipinski definition) is 2. The number of aliphatic carboxylic acids is 1. The third kappa shape index (κ3) is 6.61. The molecule has 0 atom stereocenters. The van der Waals surface area contributed by atoms with Gasteiger partial charge in [0.05, 0.1) is 0 Å². The van der Waals surface area contributed by atoms with Crippen molar-refractivity contribution in [2.24, 2.45) is 5.92 Å². The Kier molecular flexibility index (Phi) is 6.18. The molecule has 9 heteroatoms. The molecule has 8 nitrogen and oxygen atoms in total. The number of ether oxygens (including phenoxy) is 1. The van der Waals surface area contributed by atoms with Crippen molar-refractivity contribution in [1.29, 1.82) is 0 Å². The van der Waals surface area contributed by atoms with Gasteiger partial charge in [-0.1, -0.05) is 0 Å². The summed E-state index contributed by atoms with van der Waals surface area (Å²) in [5.74, 6) is -2.08. The molecule has 1 rings (SSSR count). The second-order valence-corrected chi connectivity index (χ2v) is 8.34. The standard InChI is InChI=1S/C13H24N2O6S/c1-13(2,3)21-12(18)14-8-10-4-6-15(7-5-10)22(19,20)9-11(16)17/h10H,4-9H2,1-3H3,(H,14,18)(H,16,17). The summed E-state index contributed by atoms with van der Waals surface area (Å²) >= 11 is 0. The fourth-order valence-corrected chi connectivity index (χ4v) is 3.44. The highest BCUT2D eigenvalue weighted by Gasteiger charge is 2.30. The van der Waals surface area contributed by atoms with Crippen molar-refractivity contribution in [3.8, 4) is 0 Å². The molecule has 0 aromatic carbocycles. The first-order valence-corrected chi connectivity index (χ1v) is 8.77. The Morgan fingerprint density at radius 3 is 2.27 bits per heavy atom. The van der Waals surface area contributed by atoms with Crippen LogP contribution in [-0.2, 0) is 19.6 Å². The van der Waals surface area contributed by atoms with Crippen LogP contribution in [0.15, 0.2) is 0 Å². The first-order valence-electron chi connectivity index (χ1n) is 7.16. The van der Waals surface area contributed by atoms with Crippen molar-refractivity contribution in [1.82, 2.24) is 9.62 Å². The summed E-state index contributed by atoms with van der Waals surface area (Å²) in [5.41, 5.74) is -0.557. The molecule has 0 radical (unpaired) electrons. The quantitative estimate of drug-likeness (QED) is 0.761. The molecular formula is C13H24N2O6S. The molecule has 0 aliphatic carbocycles. The largest absolute Gasteiger partial charge is 0.480 e. The molecule has 128 valence electrons. The first-order chi connectivity index (χ1) is 9.99. The molecule has 0 aromatic rings. The fraction of sp³-hybridized carbons (Fsp3) is 0.846. The molecule has 2 N–H and O–H groups in total. The van der Waals surface area contributed by atoms with Gasteiger partial charge in [-0.05, 0) is 39.5 Å². The number of carboxylic acid groups (broad SMARTS) is 1. The Bertz CT molecular complexity index is 503. The summed E-state index contributed by atoms with van der Waals surface area (Å²) in [6, 6.07) is 0. The van der Waals surface area contributed by atoms with Crippen molar-refractivity contribution in [2.45, 2.75) is 39.2 Å². The molecule has 1 amide bonds. The Balaban J connectivity index is 2.37. The molecule has 0 aromatic heterocycles. The van der Waals surface area contributed by atoms with E-state index in [1.807, 2.05) is 0 Å². The smallest absolute Gasteiger partial charge is 0.407 e. The lowest BCUT2D eigenvalue weighted by atomic mass is 9.98. The van der Waals surface area contributed by atoms with Crippen LogP contribution in [0, 0.1) is 5.92 Å². The number of sulfonamides is 1. The minimum atomic E-state index is -3.74. The predicted molar refractivity (Wildman–Crippen MR) is 80.0 cm³/mol. The van der Waals surface area contributed by atoms with Gasteiger partial charge < -0.3 is 15.2 Å². The molecule has 1 heterocycles. The van der Waals surface area contributed by atoms with Gasteiger partial charge in [0, 0.05) is 19.6 Å². The number of carboxylic acids is 1. The van der Waals surface area contributed by atoms with E-state index >= 15 is 0 Å². The summed E-state index contributed by atoms with van der Waals surface area (Å²) in [4.78, 5) is 22.1. The van der Waals surface area contributed by atoms with Crippen molar-refractivity contribution >= 4 is 22.1 Å². The first kappa shape index (κ1) is 18.7. The highest BCUT2D eigenvalue weighted by molar-refractivity contribution is 7.89. The maximum atomic E-state index is 11.8. The van der Waals surface area contributed by atoms with Crippen LogP contribution < -0.4 is 5.32 Å². The minimum absolute atomic E-state index is 0.156.